The van der Waals surface area contributed by atoms with Crippen LogP contribution in [0.5, 0.6) is 0 Å². The van der Waals surface area contributed by atoms with Crippen LogP contribution >= 0.6 is 11.3 Å². The largest absolute Gasteiger partial charge is 0.396 e. The highest BCUT2D eigenvalue weighted by atomic mass is 32.1. The first-order chi connectivity index (χ1) is 6.81. The Labute approximate surface area is 86.4 Å². The number of nitrogens with two attached hydrogens (primary N) is 1. The van der Waals surface area contributed by atoms with Gasteiger partial charge in [0.25, 0.3) is 0 Å². The minimum atomic E-state index is 0.702. The Morgan fingerprint density at radius 3 is 3.07 bits per heavy atom. The summed E-state index contributed by atoms with van der Waals surface area (Å²) in [6, 6.07) is 0. The molecule has 5 heteroatoms. The van der Waals surface area contributed by atoms with Crippen LogP contribution in [-0.2, 0) is 6.54 Å². The average Bonchev–Trinajstić information content (AvgIpc) is 2.74. The molecule has 0 atom stereocenters. The summed E-state index contributed by atoms with van der Waals surface area (Å²) in [4.78, 5) is 4.18. The number of aryl methyl sites for hydroxylation is 1. The van der Waals surface area contributed by atoms with Crippen molar-refractivity contribution in [2.75, 3.05) is 5.73 Å². The fourth-order valence-corrected chi connectivity index (χ4v) is 1.93. The zero-order valence-electron chi connectivity index (χ0n) is 7.97. The molecule has 2 heterocycles. The van der Waals surface area contributed by atoms with Gasteiger partial charge < -0.3 is 5.73 Å². The molecule has 2 aromatic rings. The zero-order chi connectivity index (χ0) is 9.97. The van der Waals surface area contributed by atoms with Gasteiger partial charge in [0.05, 0.1) is 5.69 Å². The Bertz CT molecular complexity index is 404. The molecule has 0 aromatic carbocycles. The zero-order valence-corrected chi connectivity index (χ0v) is 8.79. The molecule has 0 spiro atoms. The van der Waals surface area contributed by atoms with Crippen LogP contribution in [0.1, 0.15) is 13.3 Å². The smallest absolute Gasteiger partial charge is 0.145 e. The van der Waals surface area contributed by atoms with E-state index in [0.29, 0.717) is 5.69 Å². The predicted molar refractivity (Wildman–Crippen MR) is 58.0 cm³/mol. The van der Waals surface area contributed by atoms with Crippen LogP contribution in [0, 0.1) is 0 Å². The molecule has 0 saturated heterocycles. The van der Waals surface area contributed by atoms with Crippen LogP contribution in [0.3, 0.4) is 0 Å². The molecule has 74 valence electrons. The minimum absolute atomic E-state index is 0.702. The third-order valence-corrected chi connectivity index (χ3v) is 2.66. The maximum absolute atomic E-state index is 5.85. The number of nitrogen functional groups attached to an aromatic ring is 1. The fraction of sp³-hybridized carbons (Fsp3) is 0.333. The maximum Gasteiger partial charge on any atom is 0.145 e. The lowest BCUT2D eigenvalue weighted by atomic mass is 10.4. The number of hydrogen-bond acceptors (Lipinski definition) is 4. The number of nitrogens with zero attached hydrogens (tertiary/aromatic N) is 3. The number of thiazole rings is 1. The summed E-state index contributed by atoms with van der Waals surface area (Å²) in [6.45, 7) is 3.01. The van der Waals surface area contributed by atoms with Gasteiger partial charge in [0.1, 0.15) is 10.7 Å². The Kier molecular flexibility index (Phi) is 2.49. The first-order valence-corrected chi connectivity index (χ1v) is 5.42. The van der Waals surface area contributed by atoms with Crippen LogP contribution in [0.2, 0.25) is 0 Å². The van der Waals surface area contributed by atoms with Crippen molar-refractivity contribution in [3.8, 4) is 10.7 Å². The van der Waals surface area contributed by atoms with Crippen molar-refractivity contribution in [3.05, 3.63) is 17.8 Å². The molecule has 14 heavy (non-hydrogen) atoms. The van der Waals surface area contributed by atoms with E-state index in [1.54, 1.807) is 17.5 Å². The van der Waals surface area contributed by atoms with Gasteiger partial charge in [0, 0.05) is 24.3 Å². The summed E-state index contributed by atoms with van der Waals surface area (Å²) in [5, 5.41) is 7.19. The van der Waals surface area contributed by atoms with Gasteiger partial charge in [0.2, 0.25) is 0 Å². The fourth-order valence-electron chi connectivity index (χ4n) is 1.29. The molecule has 0 fully saturated rings. The van der Waals surface area contributed by atoms with Gasteiger partial charge in [0.15, 0.2) is 0 Å². The molecule has 4 nitrogen and oxygen atoms in total. The summed E-state index contributed by atoms with van der Waals surface area (Å²) < 4.78 is 1.87. The van der Waals surface area contributed by atoms with E-state index >= 15 is 0 Å². The first-order valence-electron chi connectivity index (χ1n) is 4.54. The third-order valence-electron chi connectivity index (χ3n) is 1.88. The lowest BCUT2D eigenvalue weighted by molar-refractivity contribution is 0.604. The monoisotopic (exact) mass is 208 g/mol. The molecule has 0 saturated carbocycles. The third kappa shape index (κ3) is 1.63. The highest BCUT2D eigenvalue weighted by Crippen LogP contribution is 2.25. The Hall–Kier alpha value is -1.36. The van der Waals surface area contributed by atoms with Gasteiger partial charge in [-0.3, -0.25) is 4.68 Å². The quantitative estimate of drug-likeness (QED) is 0.839. The van der Waals surface area contributed by atoms with Crippen molar-refractivity contribution in [3.63, 3.8) is 0 Å². The second kappa shape index (κ2) is 3.79. The standard InChI is InChI=1S/C9H12N4S/c1-2-4-13-6-7(10)8(12-13)9-11-3-5-14-9/h3,5-6H,2,4,10H2,1H3. The predicted octanol–water partition coefficient (Wildman–Crippen LogP) is 2.00. The van der Waals surface area contributed by atoms with E-state index < -0.39 is 0 Å². The van der Waals surface area contributed by atoms with Gasteiger partial charge in [-0.15, -0.1) is 11.3 Å². The lowest BCUT2D eigenvalue weighted by Gasteiger charge is -1.94. The van der Waals surface area contributed by atoms with Crippen molar-refractivity contribution in [1.82, 2.24) is 14.8 Å². The topological polar surface area (TPSA) is 56.7 Å². The lowest BCUT2D eigenvalue weighted by Crippen LogP contribution is -1.96. The molecule has 2 N–H and O–H groups in total. The van der Waals surface area contributed by atoms with Crippen molar-refractivity contribution in [1.29, 1.82) is 0 Å². The normalized spacial score (nSPS) is 10.6. The number of anilines is 1. The highest BCUT2D eigenvalue weighted by Gasteiger charge is 2.09. The second-order valence-corrected chi connectivity index (χ2v) is 3.93. The van der Waals surface area contributed by atoms with Gasteiger partial charge in [-0.25, -0.2) is 4.98 Å². The van der Waals surface area contributed by atoms with Crippen molar-refractivity contribution in [2.24, 2.45) is 0 Å². The number of hydrogen-bond donors (Lipinski definition) is 1. The van der Waals surface area contributed by atoms with E-state index in [2.05, 4.69) is 17.0 Å². The highest BCUT2D eigenvalue weighted by molar-refractivity contribution is 7.13. The average molecular weight is 208 g/mol. The van der Waals surface area contributed by atoms with Gasteiger partial charge >= 0.3 is 0 Å². The van der Waals surface area contributed by atoms with Gasteiger partial charge in [-0.05, 0) is 6.42 Å². The maximum atomic E-state index is 5.85. The molecule has 2 aromatic heterocycles. The molecule has 0 amide bonds. The summed E-state index contributed by atoms with van der Waals surface area (Å²) in [5.74, 6) is 0. The van der Waals surface area contributed by atoms with Crippen LogP contribution in [0.25, 0.3) is 10.7 Å². The Balaban J connectivity index is 2.35. The van der Waals surface area contributed by atoms with Crippen LogP contribution in [0.4, 0.5) is 5.69 Å². The van der Waals surface area contributed by atoms with Crippen molar-refractivity contribution in [2.45, 2.75) is 19.9 Å². The van der Waals surface area contributed by atoms with Gasteiger partial charge in [-0.1, -0.05) is 6.92 Å². The van der Waals surface area contributed by atoms with E-state index in [-0.39, 0.29) is 0 Å². The van der Waals surface area contributed by atoms with E-state index in [4.69, 9.17) is 5.73 Å². The second-order valence-electron chi connectivity index (χ2n) is 3.03. The summed E-state index contributed by atoms with van der Waals surface area (Å²) in [5.41, 5.74) is 7.35. The molecular formula is C9H12N4S. The first kappa shape index (κ1) is 9.21. The number of aromatic nitrogens is 3. The Morgan fingerprint density at radius 1 is 1.57 bits per heavy atom. The van der Waals surface area contributed by atoms with Crippen molar-refractivity contribution >= 4 is 17.0 Å². The molecule has 0 bridgehead atoms. The summed E-state index contributed by atoms with van der Waals surface area (Å²) in [7, 11) is 0. The van der Waals surface area contributed by atoms with Gasteiger partial charge in [-0.2, -0.15) is 5.10 Å². The van der Waals surface area contributed by atoms with E-state index in [0.717, 1.165) is 23.7 Å². The molecule has 2 rings (SSSR count). The molecule has 0 aliphatic heterocycles. The van der Waals surface area contributed by atoms with Crippen LogP contribution in [0.15, 0.2) is 17.8 Å². The number of rotatable bonds is 3. The molecule has 0 radical (unpaired) electrons. The Morgan fingerprint density at radius 2 is 2.43 bits per heavy atom. The SMILES string of the molecule is CCCn1cc(N)c(-c2nccs2)n1. The van der Waals surface area contributed by atoms with E-state index in [9.17, 15) is 0 Å². The van der Waals surface area contributed by atoms with Crippen LogP contribution in [-0.4, -0.2) is 14.8 Å². The minimum Gasteiger partial charge on any atom is -0.396 e. The molecule has 0 unspecified atom stereocenters. The molecule has 0 aliphatic rings. The summed E-state index contributed by atoms with van der Waals surface area (Å²) in [6.07, 6.45) is 4.68. The van der Waals surface area contributed by atoms with E-state index in [1.807, 2.05) is 16.3 Å². The van der Waals surface area contributed by atoms with E-state index in [1.165, 1.54) is 0 Å². The van der Waals surface area contributed by atoms with Crippen LogP contribution < -0.4 is 5.73 Å². The summed E-state index contributed by atoms with van der Waals surface area (Å²) >= 11 is 1.55. The molecule has 0 aliphatic carbocycles. The molecular weight excluding hydrogens is 196 g/mol. The van der Waals surface area contributed by atoms with Crippen molar-refractivity contribution < 1.29 is 0 Å².